The van der Waals surface area contributed by atoms with Gasteiger partial charge >= 0.3 is 0 Å². The van der Waals surface area contributed by atoms with Crippen LogP contribution in [0.25, 0.3) is 10.8 Å². The third kappa shape index (κ3) is 2.14. The fourth-order valence-electron chi connectivity index (χ4n) is 1.39. The summed E-state index contributed by atoms with van der Waals surface area (Å²) in [6.45, 7) is 0. The van der Waals surface area contributed by atoms with E-state index in [0.29, 0.717) is 5.39 Å². The molecule has 0 saturated heterocycles. The van der Waals surface area contributed by atoms with E-state index in [1.165, 1.54) is 12.3 Å². The second-order valence-corrected chi connectivity index (χ2v) is 4.66. The molecule has 0 aliphatic heterocycles. The molecule has 1 aromatic carbocycles. The number of aromatic nitrogens is 1. The van der Waals surface area contributed by atoms with E-state index >= 15 is 0 Å². The number of hydrogen-bond acceptors (Lipinski definition) is 4. The molecule has 1 aromatic heterocycles. The van der Waals surface area contributed by atoms with Gasteiger partial charge in [0.2, 0.25) is 0 Å². The van der Waals surface area contributed by atoms with Gasteiger partial charge in [-0.3, -0.25) is 10.8 Å². The Hall–Kier alpha value is -1.21. The van der Waals surface area contributed by atoms with Crippen LogP contribution in [-0.4, -0.2) is 13.4 Å². The molecule has 0 radical (unpaired) electrons. The predicted octanol–water partition coefficient (Wildman–Crippen LogP) is 0.809. The predicted molar refractivity (Wildman–Crippen MR) is 63.5 cm³/mol. The lowest BCUT2D eigenvalue weighted by Crippen LogP contribution is -2.30. The second-order valence-electron chi connectivity index (χ2n) is 2.97. The minimum atomic E-state index is -3.62. The maximum atomic E-state index is 11.6. The highest BCUT2D eigenvalue weighted by Gasteiger charge is 2.14. The largest absolute Gasteiger partial charge is 0.264 e. The van der Waals surface area contributed by atoms with E-state index < -0.39 is 10.0 Å². The summed E-state index contributed by atoms with van der Waals surface area (Å²) >= 11 is 0. The number of nitrogens with two attached hydrogens (primary N) is 1. The molecule has 0 aliphatic carbocycles. The van der Waals surface area contributed by atoms with Crippen LogP contribution < -0.4 is 10.7 Å². The number of hydrazine groups is 1. The quantitative estimate of drug-likeness (QED) is 0.617. The van der Waals surface area contributed by atoms with E-state index in [4.69, 9.17) is 5.84 Å². The smallest absolute Gasteiger partial charge is 0.253 e. The molecule has 7 heteroatoms. The topological polar surface area (TPSA) is 85.1 Å². The summed E-state index contributed by atoms with van der Waals surface area (Å²) in [6.07, 6.45) is 3.14. The zero-order chi connectivity index (χ0) is 10.9. The first-order valence-electron chi connectivity index (χ1n) is 4.20. The van der Waals surface area contributed by atoms with Crippen LogP contribution in [0.5, 0.6) is 0 Å². The molecular formula is C9H10ClN3O2S. The lowest BCUT2D eigenvalue weighted by atomic mass is 10.2. The van der Waals surface area contributed by atoms with Crippen LogP contribution in [0, 0.1) is 0 Å². The Bertz CT molecular complexity index is 595. The van der Waals surface area contributed by atoms with Crippen molar-refractivity contribution in [2.75, 3.05) is 0 Å². The van der Waals surface area contributed by atoms with E-state index in [1.54, 1.807) is 29.2 Å². The summed E-state index contributed by atoms with van der Waals surface area (Å²) in [5.41, 5.74) is 0. The Morgan fingerprint density at radius 1 is 1.25 bits per heavy atom. The monoisotopic (exact) mass is 259 g/mol. The van der Waals surface area contributed by atoms with Crippen molar-refractivity contribution in [3.63, 3.8) is 0 Å². The van der Waals surface area contributed by atoms with Crippen molar-refractivity contribution in [2.45, 2.75) is 4.90 Å². The van der Waals surface area contributed by atoms with E-state index in [1.807, 2.05) is 0 Å². The molecule has 0 atom stereocenters. The minimum absolute atomic E-state index is 0. The number of fused-ring (bicyclic) bond motifs is 1. The molecule has 0 aliphatic rings. The Labute approximate surface area is 99.1 Å². The Morgan fingerprint density at radius 3 is 2.69 bits per heavy atom. The summed E-state index contributed by atoms with van der Waals surface area (Å²) < 4.78 is 23.1. The number of rotatable bonds is 2. The Morgan fingerprint density at radius 2 is 2.00 bits per heavy atom. The van der Waals surface area contributed by atoms with Crippen LogP contribution in [0.3, 0.4) is 0 Å². The molecule has 5 nitrogen and oxygen atoms in total. The van der Waals surface area contributed by atoms with E-state index in [0.717, 1.165) is 5.39 Å². The lowest BCUT2D eigenvalue weighted by Gasteiger charge is -2.05. The van der Waals surface area contributed by atoms with Crippen LogP contribution in [0.15, 0.2) is 41.6 Å². The average molecular weight is 260 g/mol. The molecule has 0 saturated carbocycles. The molecule has 0 amide bonds. The highest BCUT2D eigenvalue weighted by Crippen LogP contribution is 2.21. The molecule has 0 fully saturated rings. The highest BCUT2D eigenvalue weighted by molar-refractivity contribution is 7.89. The summed E-state index contributed by atoms with van der Waals surface area (Å²) in [5, 5.41) is 1.36. The number of sulfonamides is 1. The number of hydrogen-bond donors (Lipinski definition) is 2. The van der Waals surface area contributed by atoms with Gasteiger partial charge < -0.3 is 0 Å². The van der Waals surface area contributed by atoms with E-state index in [2.05, 4.69) is 4.98 Å². The van der Waals surface area contributed by atoms with Gasteiger partial charge in [0.05, 0.1) is 4.90 Å². The van der Waals surface area contributed by atoms with Crippen molar-refractivity contribution < 1.29 is 8.42 Å². The molecule has 86 valence electrons. The molecule has 16 heavy (non-hydrogen) atoms. The summed E-state index contributed by atoms with van der Waals surface area (Å²) in [5.74, 6) is 4.98. The van der Waals surface area contributed by atoms with Crippen LogP contribution in [0.2, 0.25) is 0 Å². The number of nitrogens with one attached hydrogen (secondary N) is 1. The maximum Gasteiger partial charge on any atom is 0.253 e. The van der Waals surface area contributed by atoms with Crippen LogP contribution in [0.1, 0.15) is 0 Å². The molecule has 3 N–H and O–H groups in total. The Kier molecular flexibility index (Phi) is 3.82. The van der Waals surface area contributed by atoms with E-state index in [-0.39, 0.29) is 17.3 Å². The van der Waals surface area contributed by atoms with Gasteiger partial charge in [0, 0.05) is 23.2 Å². The van der Waals surface area contributed by atoms with Crippen LogP contribution >= 0.6 is 12.4 Å². The van der Waals surface area contributed by atoms with Crippen molar-refractivity contribution >= 4 is 33.2 Å². The van der Waals surface area contributed by atoms with Gasteiger partial charge in [-0.05, 0) is 12.1 Å². The molecular weight excluding hydrogens is 250 g/mol. The van der Waals surface area contributed by atoms with Crippen LogP contribution in [0.4, 0.5) is 0 Å². The fraction of sp³-hybridized carbons (Fsp3) is 0. The molecule has 0 unspecified atom stereocenters. The van der Waals surface area contributed by atoms with E-state index in [9.17, 15) is 8.42 Å². The second kappa shape index (κ2) is 4.75. The Balaban J connectivity index is 0.00000128. The molecule has 2 aromatic rings. The normalized spacial score (nSPS) is 11.1. The average Bonchev–Trinajstić information content (AvgIpc) is 2.28. The summed E-state index contributed by atoms with van der Waals surface area (Å²) in [4.78, 5) is 5.87. The number of benzene rings is 1. The molecule has 0 bridgehead atoms. The number of halogens is 1. The highest BCUT2D eigenvalue weighted by atomic mass is 35.5. The standard InChI is InChI=1S/C9H9N3O2S.ClH/c10-12-15(13,14)9-3-1-2-7-6-11-5-4-8(7)9;/h1-6,12H,10H2;1H. The van der Waals surface area contributed by atoms with Crippen molar-refractivity contribution in [3.05, 3.63) is 36.7 Å². The van der Waals surface area contributed by atoms with Crippen molar-refractivity contribution in [3.8, 4) is 0 Å². The third-order valence-electron chi connectivity index (χ3n) is 2.09. The first-order valence-corrected chi connectivity index (χ1v) is 5.68. The fourth-order valence-corrected chi connectivity index (χ4v) is 2.25. The minimum Gasteiger partial charge on any atom is -0.264 e. The first kappa shape index (κ1) is 12.9. The van der Waals surface area contributed by atoms with Gasteiger partial charge in [-0.2, -0.15) is 4.83 Å². The first-order chi connectivity index (χ1) is 7.15. The SMILES string of the molecule is Cl.NNS(=O)(=O)c1cccc2cnccc12. The maximum absolute atomic E-state index is 11.6. The summed E-state index contributed by atoms with van der Waals surface area (Å²) in [6, 6.07) is 6.57. The van der Waals surface area contributed by atoms with Gasteiger partial charge in [-0.1, -0.05) is 12.1 Å². The van der Waals surface area contributed by atoms with Gasteiger partial charge in [0.15, 0.2) is 0 Å². The van der Waals surface area contributed by atoms with Gasteiger partial charge in [-0.15, -0.1) is 12.4 Å². The summed E-state index contributed by atoms with van der Waals surface area (Å²) in [7, 11) is -3.62. The van der Waals surface area contributed by atoms with Gasteiger partial charge in [-0.25, -0.2) is 8.42 Å². The van der Waals surface area contributed by atoms with Gasteiger partial charge in [0.1, 0.15) is 0 Å². The van der Waals surface area contributed by atoms with Crippen molar-refractivity contribution in [1.29, 1.82) is 0 Å². The molecule has 1 heterocycles. The van der Waals surface area contributed by atoms with Crippen LogP contribution in [-0.2, 0) is 10.0 Å². The third-order valence-corrected chi connectivity index (χ3v) is 3.33. The zero-order valence-corrected chi connectivity index (χ0v) is 9.75. The lowest BCUT2D eigenvalue weighted by molar-refractivity contribution is 0.585. The number of pyridine rings is 1. The number of nitrogens with zero attached hydrogens (tertiary/aromatic N) is 1. The molecule has 0 spiro atoms. The molecule has 2 rings (SSSR count). The van der Waals surface area contributed by atoms with Crippen molar-refractivity contribution in [1.82, 2.24) is 9.82 Å². The zero-order valence-electron chi connectivity index (χ0n) is 8.12. The van der Waals surface area contributed by atoms with Gasteiger partial charge in [0.25, 0.3) is 10.0 Å². The van der Waals surface area contributed by atoms with Crippen molar-refractivity contribution in [2.24, 2.45) is 5.84 Å².